The van der Waals surface area contributed by atoms with Crippen LogP contribution >= 0.6 is 0 Å². The molecule has 1 atom stereocenters. The minimum Gasteiger partial charge on any atom is -0.466 e. The van der Waals surface area contributed by atoms with E-state index in [9.17, 15) is 9.59 Å². The number of hydrogen-bond donors (Lipinski definition) is 0. The number of ether oxygens (including phenoxy) is 2. The van der Waals surface area contributed by atoms with E-state index in [-0.39, 0.29) is 18.0 Å². The quantitative estimate of drug-likeness (QED) is 0.105. The summed E-state index contributed by atoms with van der Waals surface area (Å²) in [7, 11) is 0. The highest BCUT2D eigenvalue weighted by molar-refractivity contribution is 5.70. The SMILES string of the molecule is CCCCCCCCCCCCCCCCCOC(=O)CCCCC(=O)OC(CC)C(C)C. The van der Waals surface area contributed by atoms with Gasteiger partial charge in [0.25, 0.3) is 0 Å². The van der Waals surface area contributed by atoms with Crippen molar-refractivity contribution in [2.75, 3.05) is 6.61 Å². The number of esters is 2. The van der Waals surface area contributed by atoms with Crippen molar-refractivity contribution in [1.82, 2.24) is 0 Å². The lowest BCUT2D eigenvalue weighted by Gasteiger charge is -2.19. The number of hydrogen-bond acceptors (Lipinski definition) is 4. The van der Waals surface area contributed by atoms with E-state index < -0.39 is 0 Å². The molecule has 0 aromatic rings. The van der Waals surface area contributed by atoms with Crippen molar-refractivity contribution in [3.8, 4) is 0 Å². The van der Waals surface area contributed by atoms with Crippen molar-refractivity contribution in [2.24, 2.45) is 5.92 Å². The smallest absolute Gasteiger partial charge is 0.306 e. The molecule has 0 aliphatic carbocycles. The zero-order valence-corrected chi connectivity index (χ0v) is 22.6. The maximum Gasteiger partial charge on any atom is 0.306 e. The summed E-state index contributed by atoms with van der Waals surface area (Å²) in [6, 6.07) is 0. The van der Waals surface area contributed by atoms with E-state index in [2.05, 4.69) is 20.8 Å². The fraction of sp³-hybridized carbons (Fsp3) is 0.931. The van der Waals surface area contributed by atoms with Gasteiger partial charge in [-0.3, -0.25) is 9.59 Å². The van der Waals surface area contributed by atoms with Crippen LogP contribution in [0.3, 0.4) is 0 Å². The molecule has 33 heavy (non-hydrogen) atoms. The second-order valence-corrected chi connectivity index (χ2v) is 10.1. The molecule has 0 spiro atoms. The molecule has 0 rings (SSSR count). The van der Waals surface area contributed by atoms with E-state index in [1.165, 1.54) is 83.5 Å². The van der Waals surface area contributed by atoms with E-state index >= 15 is 0 Å². The number of carbonyl (C=O) groups is 2. The van der Waals surface area contributed by atoms with Gasteiger partial charge >= 0.3 is 11.9 Å². The van der Waals surface area contributed by atoms with Gasteiger partial charge in [-0.2, -0.15) is 0 Å². The molecule has 1 unspecified atom stereocenters. The summed E-state index contributed by atoms with van der Waals surface area (Å²) in [6.07, 6.45) is 23.0. The summed E-state index contributed by atoms with van der Waals surface area (Å²) < 4.78 is 10.8. The molecule has 0 saturated heterocycles. The summed E-state index contributed by atoms with van der Waals surface area (Å²) in [5, 5.41) is 0. The van der Waals surface area contributed by atoms with Crippen molar-refractivity contribution in [1.29, 1.82) is 0 Å². The molecule has 4 heteroatoms. The third-order valence-electron chi connectivity index (χ3n) is 6.45. The van der Waals surface area contributed by atoms with Crippen LogP contribution < -0.4 is 0 Å². The average molecular weight is 469 g/mol. The van der Waals surface area contributed by atoms with E-state index in [4.69, 9.17) is 9.47 Å². The van der Waals surface area contributed by atoms with Gasteiger partial charge < -0.3 is 9.47 Å². The zero-order valence-electron chi connectivity index (χ0n) is 22.6. The topological polar surface area (TPSA) is 52.6 Å². The molecule has 4 nitrogen and oxygen atoms in total. The van der Waals surface area contributed by atoms with Crippen molar-refractivity contribution in [2.45, 2.75) is 162 Å². The zero-order chi connectivity index (χ0) is 24.6. The van der Waals surface area contributed by atoms with E-state index in [1.54, 1.807) is 0 Å². The first-order valence-corrected chi connectivity index (χ1v) is 14.4. The molecular formula is C29H56O4. The van der Waals surface area contributed by atoms with Gasteiger partial charge in [0.05, 0.1) is 6.61 Å². The lowest BCUT2D eigenvalue weighted by molar-refractivity contribution is -0.152. The molecule has 196 valence electrons. The van der Waals surface area contributed by atoms with Crippen LogP contribution in [0.2, 0.25) is 0 Å². The Balaban J connectivity index is 3.34. The lowest BCUT2D eigenvalue weighted by Crippen LogP contribution is -2.22. The van der Waals surface area contributed by atoms with Crippen LogP contribution in [0, 0.1) is 5.92 Å². The minimum absolute atomic E-state index is 0.00244. The molecule has 0 radical (unpaired) electrons. The highest BCUT2D eigenvalue weighted by atomic mass is 16.5. The van der Waals surface area contributed by atoms with Gasteiger partial charge in [0, 0.05) is 12.8 Å². The average Bonchev–Trinajstić information content (AvgIpc) is 2.79. The van der Waals surface area contributed by atoms with Gasteiger partial charge in [-0.25, -0.2) is 0 Å². The van der Waals surface area contributed by atoms with Crippen LogP contribution in [0.25, 0.3) is 0 Å². The molecule has 0 N–H and O–H groups in total. The van der Waals surface area contributed by atoms with Crippen LogP contribution in [0.15, 0.2) is 0 Å². The Labute approximate surface area is 206 Å². The molecule has 0 fully saturated rings. The van der Waals surface area contributed by atoms with Crippen LogP contribution in [0.4, 0.5) is 0 Å². The first kappa shape index (κ1) is 31.9. The third-order valence-corrected chi connectivity index (χ3v) is 6.45. The van der Waals surface area contributed by atoms with Gasteiger partial charge in [0.1, 0.15) is 6.10 Å². The predicted octanol–water partition coefficient (Wildman–Crippen LogP) is 8.94. The molecule has 0 bridgehead atoms. The van der Waals surface area contributed by atoms with Crippen LogP contribution in [0.5, 0.6) is 0 Å². The monoisotopic (exact) mass is 468 g/mol. The largest absolute Gasteiger partial charge is 0.466 e. The Morgan fingerprint density at radius 2 is 1.00 bits per heavy atom. The molecule has 0 aliphatic rings. The fourth-order valence-electron chi connectivity index (χ4n) is 4.19. The Morgan fingerprint density at radius 3 is 1.42 bits per heavy atom. The fourth-order valence-corrected chi connectivity index (χ4v) is 4.19. The van der Waals surface area contributed by atoms with Crippen LogP contribution in [-0.2, 0) is 19.1 Å². The molecule has 0 saturated carbocycles. The highest BCUT2D eigenvalue weighted by Crippen LogP contribution is 2.14. The molecule has 0 aromatic heterocycles. The van der Waals surface area contributed by atoms with Crippen LogP contribution in [0.1, 0.15) is 156 Å². The lowest BCUT2D eigenvalue weighted by atomic mass is 10.0. The van der Waals surface area contributed by atoms with Gasteiger partial charge in [-0.1, -0.05) is 118 Å². The first-order valence-electron chi connectivity index (χ1n) is 14.4. The van der Waals surface area contributed by atoms with Crippen molar-refractivity contribution < 1.29 is 19.1 Å². The normalized spacial score (nSPS) is 12.2. The first-order chi connectivity index (χ1) is 16.0. The number of unbranched alkanes of at least 4 members (excludes halogenated alkanes) is 15. The maximum absolute atomic E-state index is 11.9. The molecule has 0 aromatic carbocycles. The summed E-state index contributed by atoms with van der Waals surface area (Å²) in [6.45, 7) is 8.97. The van der Waals surface area contributed by atoms with Crippen molar-refractivity contribution in [3.05, 3.63) is 0 Å². The van der Waals surface area contributed by atoms with Crippen LogP contribution in [-0.4, -0.2) is 24.6 Å². The standard InChI is InChI=1S/C29H56O4/c1-5-7-8-9-10-11-12-13-14-15-16-17-18-19-22-25-32-28(30)23-20-21-24-29(31)33-27(6-2)26(3)4/h26-27H,5-25H2,1-4H3. The third kappa shape index (κ3) is 22.5. The summed E-state index contributed by atoms with van der Waals surface area (Å²) in [5.41, 5.74) is 0. The van der Waals surface area contributed by atoms with Gasteiger partial charge in [-0.05, 0) is 31.6 Å². The predicted molar refractivity (Wildman–Crippen MR) is 139 cm³/mol. The Kier molecular flexibility index (Phi) is 23.3. The van der Waals surface area contributed by atoms with E-state index in [0.717, 1.165) is 19.3 Å². The summed E-state index contributed by atoms with van der Waals surface area (Å²) in [5.74, 6) is 0.0534. The maximum atomic E-state index is 11.9. The van der Waals surface area contributed by atoms with E-state index in [0.29, 0.717) is 38.2 Å². The summed E-state index contributed by atoms with van der Waals surface area (Å²) in [4.78, 5) is 23.7. The minimum atomic E-state index is -0.151. The Bertz CT molecular complexity index is 447. The van der Waals surface area contributed by atoms with Crippen molar-refractivity contribution in [3.63, 3.8) is 0 Å². The second-order valence-electron chi connectivity index (χ2n) is 10.1. The van der Waals surface area contributed by atoms with Crippen molar-refractivity contribution >= 4 is 11.9 Å². The Morgan fingerprint density at radius 1 is 0.576 bits per heavy atom. The molecule has 0 amide bonds. The Hall–Kier alpha value is -1.06. The van der Waals surface area contributed by atoms with Gasteiger partial charge in [0.15, 0.2) is 0 Å². The van der Waals surface area contributed by atoms with Gasteiger partial charge in [-0.15, -0.1) is 0 Å². The number of carbonyl (C=O) groups excluding carboxylic acids is 2. The summed E-state index contributed by atoms with van der Waals surface area (Å²) >= 11 is 0. The van der Waals surface area contributed by atoms with E-state index in [1.807, 2.05) is 6.92 Å². The highest BCUT2D eigenvalue weighted by Gasteiger charge is 2.16. The second kappa shape index (κ2) is 24.1. The molecular weight excluding hydrogens is 412 g/mol. The molecule has 0 aliphatic heterocycles. The number of rotatable bonds is 24. The van der Waals surface area contributed by atoms with Gasteiger partial charge in [0.2, 0.25) is 0 Å². The molecule has 0 heterocycles.